The van der Waals surface area contributed by atoms with Crippen LogP contribution in [-0.4, -0.2) is 11.9 Å². The SMILES string of the molecule is Cc1ccc(C(=O)Oc2cc(CBr)cc(OC(=O)c3ccc(C)cc3)c2)cc1. The van der Waals surface area contributed by atoms with E-state index in [1.54, 1.807) is 36.4 Å². The van der Waals surface area contributed by atoms with Crippen LogP contribution in [0.15, 0.2) is 66.7 Å². The number of halogens is 1. The fourth-order valence-electron chi connectivity index (χ4n) is 2.54. The Morgan fingerprint density at radius 3 is 1.46 bits per heavy atom. The molecule has 0 bridgehead atoms. The van der Waals surface area contributed by atoms with Crippen molar-refractivity contribution in [2.75, 3.05) is 0 Å². The monoisotopic (exact) mass is 438 g/mol. The predicted octanol–water partition coefficient (Wildman–Crippen LogP) is 5.64. The third-order valence-electron chi connectivity index (χ3n) is 4.09. The standard InChI is InChI=1S/C23H19BrO4/c1-15-3-7-18(8-4-15)22(25)27-20-11-17(14-24)12-21(13-20)28-23(26)19-9-5-16(2)6-10-19/h3-13H,14H2,1-2H3. The van der Waals surface area contributed by atoms with Gasteiger partial charge in [0.15, 0.2) is 0 Å². The van der Waals surface area contributed by atoms with Crippen molar-refractivity contribution in [3.8, 4) is 11.5 Å². The summed E-state index contributed by atoms with van der Waals surface area (Å²) in [5, 5.41) is 0.526. The molecule has 0 atom stereocenters. The van der Waals surface area contributed by atoms with E-state index < -0.39 is 11.9 Å². The predicted molar refractivity (Wildman–Crippen MR) is 111 cm³/mol. The van der Waals surface area contributed by atoms with Crippen LogP contribution in [0.1, 0.15) is 37.4 Å². The molecule has 0 amide bonds. The van der Waals surface area contributed by atoms with Gasteiger partial charge in [-0.25, -0.2) is 9.59 Å². The summed E-state index contributed by atoms with van der Waals surface area (Å²) in [6.45, 7) is 3.90. The van der Waals surface area contributed by atoms with Gasteiger partial charge in [-0.3, -0.25) is 0 Å². The number of alkyl halides is 1. The van der Waals surface area contributed by atoms with Crippen molar-refractivity contribution in [2.24, 2.45) is 0 Å². The van der Waals surface area contributed by atoms with Crippen molar-refractivity contribution in [1.82, 2.24) is 0 Å². The number of hydrogen-bond acceptors (Lipinski definition) is 4. The Balaban J connectivity index is 1.79. The summed E-state index contributed by atoms with van der Waals surface area (Å²) in [5.41, 5.74) is 3.84. The van der Waals surface area contributed by atoms with Crippen molar-refractivity contribution in [1.29, 1.82) is 0 Å². The van der Waals surface area contributed by atoms with Crippen molar-refractivity contribution in [2.45, 2.75) is 19.2 Å². The molecule has 0 aromatic heterocycles. The summed E-state index contributed by atoms with van der Waals surface area (Å²) in [6.07, 6.45) is 0. The van der Waals surface area contributed by atoms with Gasteiger partial charge < -0.3 is 9.47 Å². The van der Waals surface area contributed by atoms with Crippen molar-refractivity contribution in [3.05, 3.63) is 94.5 Å². The molecule has 4 nitrogen and oxygen atoms in total. The molecular formula is C23H19BrO4. The zero-order valence-corrected chi connectivity index (χ0v) is 17.2. The molecule has 0 aliphatic carbocycles. The van der Waals surface area contributed by atoms with Gasteiger partial charge in [0, 0.05) is 11.4 Å². The molecule has 3 aromatic rings. The van der Waals surface area contributed by atoms with Crippen LogP contribution in [0.2, 0.25) is 0 Å². The fourth-order valence-corrected chi connectivity index (χ4v) is 2.86. The highest BCUT2D eigenvalue weighted by atomic mass is 79.9. The number of carbonyl (C=O) groups is 2. The minimum atomic E-state index is -0.470. The first-order chi connectivity index (χ1) is 13.4. The van der Waals surface area contributed by atoms with Crippen LogP contribution < -0.4 is 9.47 Å². The van der Waals surface area contributed by atoms with Gasteiger partial charge in [0.2, 0.25) is 0 Å². The Morgan fingerprint density at radius 2 is 1.11 bits per heavy atom. The summed E-state index contributed by atoms with van der Waals surface area (Å²) in [4.78, 5) is 24.7. The molecule has 0 aliphatic heterocycles. The third kappa shape index (κ3) is 5.08. The van der Waals surface area contributed by atoms with Crippen molar-refractivity contribution >= 4 is 27.9 Å². The first-order valence-electron chi connectivity index (χ1n) is 8.72. The van der Waals surface area contributed by atoms with Crippen LogP contribution in [0.25, 0.3) is 0 Å². The van der Waals surface area contributed by atoms with Crippen molar-refractivity contribution in [3.63, 3.8) is 0 Å². The second-order valence-corrected chi connectivity index (χ2v) is 7.02. The molecule has 0 heterocycles. The number of hydrogen-bond donors (Lipinski definition) is 0. The number of aryl methyl sites for hydroxylation is 2. The number of carbonyl (C=O) groups excluding carboxylic acids is 2. The Hall–Kier alpha value is -2.92. The van der Waals surface area contributed by atoms with Crippen LogP contribution >= 0.6 is 15.9 Å². The first kappa shape index (κ1) is 19.8. The quantitative estimate of drug-likeness (QED) is 0.294. The average molecular weight is 439 g/mol. The molecule has 0 radical (unpaired) electrons. The van der Waals surface area contributed by atoms with Crippen LogP contribution in [0, 0.1) is 13.8 Å². The molecule has 0 spiro atoms. The molecule has 0 fully saturated rings. The van der Waals surface area contributed by atoms with Gasteiger partial charge in [0.1, 0.15) is 11.5 Å². The average Bonchev–Trinajstić information content (AvgIpc) is 2.68. The second kappa shape index (κ2) is 8.85. The van der Waals surface area contributed by atoms with E-state index in [0.717, 1.165) is 16.7 Å². The zero-order chi connectivity index (χ0) is 20.1. The van der Waals surface area contributed by atoms with E-state index in [0.29, 0.717) is 28.0 Å². The second-order valence-electron chi connectivity index (χ2n) is 6.46. The van der Waals surface area contributed by atoms with Crippen molar-refractivity contribution < 1.29 is 19.1 Å². The molecule has 142 valence electrons. The molecule has 0 unspecified atom stereocenters. The van der Waals surface area contributed by atoms with Gasteiger partial charge in [-0.2, -0.15) is 0 Å². The minimum absolute atomic E-state index is 0.314. The van der Waals surface area contributed by atoms with Gasteiger partial charge in [0.25, 0.3) is 0 Å². The fraction of sp³-hybridized carbons (Fsp3) is 0.130. The van der Waals surface area contributed by atoms with E-state index in [1.165, 1.54) is 6.07 Å². The maximum absolute atomic E-state index is 12.4. The third-order valence-corrected chi connectivity index (χ3v) is 4.74. The maximum atomic E-state index is 12.4. The maximum Gasteiger partial charge on any atom is 0.343 e. The van der Waals surface area contributed by atoms with E-state index in [9.17, 15) is 9.59 Å². The highest BCUT2D eigenvalue weighted by Gasteiger charge is 2.13. The van der Waals surface area contributed by atoms with E-state index in [4.69, 9.17) is 9.47 Å². The van der Waals surface area contributed by atoms with Gasteiger partial charge in [-0.15, -0.1) is 0 Å². The number of ether oxygens (including phenoxy) is 2. The summed E-state index contributed by atoms with van der Waals surface area (Å²) in [7, 11) is 0. The lowest BCUT2D eigenvalue weighted by atomic mass is 10.1. The van der Waals surface area contributed by atoms with Crippen LogP contribution in [0.3, 0.4) is 0 Å². The number of esters is 2. The minimum Gasteiger partial charge on any atom is -0.423 e. The molecule has 0 aliphatic rings. The molecule has 3 aromatic carbocycles. The van der Waals surface area contributed by atoms with E-state index in [1.807, 2.05) is 38.1 Å². The van der Waals surface area contributed by atoms with Gasteiger partial charge in [-0.05, 0) is 55.8 Å². The van der Waals surface area contributed by atoms with Gasteiger partial charge in [0.05, 0.1) is 11.1 Å². The normalized spacial score (nSPS) is 10.4. The van der Waals surface area contributed by atoms with E-state index in [-0.39, 0.29) is 0 Å². The molecule has 0 saturated carbocycles. The van der Waals surface area contributed by atoms with Gasteiger partial charge >= 0.3 is 11.9 Å². The Bertz CT molecular complexity index is 914. The molecule has 28 heavy (non-hydrogen) atoms. The smallest absolute Gasteiger partial charge is 0.343 e. The molecule has 5 heteroatoms. The largest absolute Gasteiger partial charge is 0.423 e. The van der Waals surface area contributed by atoms with Gasteiger partial charge in [-0.1, -0.05) is 51.3 Å². The summed E-state index contributed by atoms with van der Waals surface area (Å²) < 4.78 is 11.0. The highest BCUT2D eigenvalue weighted by molar-refractivity contribution is 9.08. The Kier molecular flexibility index (Phi) is 6.26. The number of rotatable bonds is 5. The van der Waals surface area contributed by atoms with E-state index >= 15 is 0 Å². The molecule has 0 saturated heterocycles. The topological polar surface area (TPSA) is 52.6 Å². The summed E-state index contributed by atoms with van der Waals surface area (Å²) in [6, 6.07) is 19.2. The summed E-state index contributed by atoms with van der Waals surface area (Å²) >= 11 is 3.38. The van der Waals surface area contributed by atoms with Crippen LogP contribution in [-0.2, 0) is 5.33 Å². The first-order valence-corrected chi connectivity index (χ1v) is 9.84. The van der Waals surface area contributed by atoms with Crippen LogP contribution in [0.5, 0.6) is 11.5 Å². The molecule has 0 N–H and O–H groups in total. The van der Waals surface area contributed by atoms with Crippen LogP contribution in [0.4, 0.5) is 0 Å². The Morgan fingerprint density at radius 1 is 0.714 bits per heavy atom. The lowest BCUT2D eigenvalue weighted by molar-refractivity contribution is 0.0733. The lowest BCUT2D eigenvalue weighted by Gasteiger charge is -2.10. The molecule has 3 rings (SSSR count). The summed E-state index contributed by atoms with van der Waals surface area (Å²) in [5.74, 6) is -0.312. The highest BCUT2D eigenvalue weighted by Crippen LogP contribution is 2.26. The van der Waals surface area contributed by atoms with E-state index in [2.05, 4.69) is 15.9 Å². The zero-order valence-electron chi connectivity index (χ0n) is 15.6. The Labute approximate surface area is 172 Å². The molecular weight excluding hydrogens is 420 g/mol. The number of benzene rings is 3. The lowest BCUT2D eigenvalue weighted by Crippen LogP contribution is -2.10.